The Kier molecular flexibility index (Phi) is 3.42. The molecule has 4 nitrogen and oxygen atoms in total. The topological polar surface area (TPSA) is 46.0 Å². The van der Waals surface area contributed by atoms with E-state index >= 15 is 0 Å². The van der Waals surface area contributed by atoms with Gasteiger partial charge >= 0.3 is 5.97 Å². The number of para-hydroxylation sites is 2. The molecule has 4 heteroatoms. The largest absolute Gasteiger partial charge is 0.463 e. The highest BCUT2D eigenvalue weighted by Gasteiger charge is 2.19. The van der Waals surface area contributed by atoms with Crippen LogP contribution >= 0.6 is 0 Å². The van der Waals surface area contributed by atoms with Crippen LogP contribution < -0.4 is 4.57 Å². The summed E-state index contributed by atoms with van der Waals surface area (Å²) in [6.07, 6.45) is 0.855. The summed E-state index contributed by atoms with van der Waals surface area (Å²) in [5.74, 6) is 0.844. The van der Waals surface area contributed by atoms with Gasteiger partial charge in [-0.2, -0.15) is 0 Å². The summed E-state index contributed by atoms with van der Waals surface area (Å²) >= 11 is 0. The maximum atomic E-state index is 11.6. The average molecular weight is 233 g/mol. The fourth-order valence-electron chi connectivity index (χ4n) is 1.98. The van der Waals surface area contributed by atoms with Crippen LogP contribution in [0.25, 0.3) is 11.0 Å². The Labute approximate surface area is 100 Å². The lowest BCUT2D eigenvalue weighted by Gasteiger charge is -2.01. The number of fused-ring (bicyclic) bond motifs is 1. The van der Waals surface area contributed by atoms with Gasteiger partial charge in [0.25, 0.3) is 5.82 Å². The van der Waals surface area contributed by atoms with Crippen LogP contribution in [0, 0.1) is 0 Å². The van der Waals surface area contributed by atoms with Crippen LogP contribution in [0.5, 0.6) is 0 Å². The summed E-state index contributed by atoms with van der Waals surface area (Å²) < 4.78 is 6.97. The van der Waals surface area contributed by atoms with Crippen LogP contribution in [-0.2, 0) is 22.5 Å². The van der Waals surface area contributed by atoms with Crippen molar-refractivity contribution in [1.82, 2.24) is 4.98 Å². The first kappa shape index (κ1) is 11.6. The van der Waals surface area contributed by atoms with E-state index in [-0.39, 0.29) is 12.5 Å². The zero-order valence-electron chi connectivity index (χ0n) is 10.2. The number of benzene rings is 1. The lowest BCUT2D eigenvalue weighted by Crippen LogP contribution is -2.41. The van der Waals surface area contributed by atoms with E-state index in [1.54, 1.807) is 0 Å². The molecule has 0 aliphatic carbocycles. The predicted octanol–water partition coefficient (Wildman–Crippen LogP) is 1.58. The van der Waals surface area contributed by atoms with Crippen molar-refractivity contribution in [1.29, 1.82) is 0 Å². The minimum Gasteiger partial charge on any atom is -0.463 e. The lowest BCUT2D eigenvalue weighted by molar-refractivity contribution is -0.667. The molecule has 1 heterocycles. The first-order chi connectivity index (χ1) is 8.26. The zero-order valence-corrected chi connectivity index (χ0v) is 10.2. The van der Waals surface area contributed by atoms with E-state index in [9.17, 15) is 4.79 Å². The average Bonchev–Trinajstić information content (AvgIpc) is 2.68. The van der Waals surface area contributed by atoms with E-state index in [4.69, 9.17) is 4.74 Å². The molecule has 1 aromatic carbocycles. The van der Waals surface area contributed by atoms with Gasteiger partial charge in [-0.1, -0.05) is 19.1 Å². The van der Waals surface area contributed by atoms with E-state index in [1.807, 2.05) is 35.8 Å². The number of aryl methyl sites for hydroxylation is 1. The van der Waals surface area contributed by atoms with Crippen LogP contribution in [0.4, 0.5) is 0 Å². The molecule has 2 aromatic rings. The number of carbonyl (C=O) groups excluding carboxylic acids is 1. The van der Waals surface area contributed by atoms with E-state index in [1.165, 1.54) is 0 Å². The number of carbonyl (C=O) groups is 1. The third-order valence-electron chi connectivity index (χ3n) is 2.73. The Morgan fingerprint density at radius 2 is 2.12 bits per heavy atom. The molecular weight excluding hydrogens is 216 g/mol. The molecule has 0 atom stereocenters. The number of esters is 1. The van der Waals surface area contributed by atoms with E-state index in [2.05, 4.69) is 11.9 Å². The predicted molar refractivity (Wildman–Crippen MR) is 64.5 cm³/mol. The molecule has 90 valence electrons. The molecule has 2 rings (SSSR count). The number of hydrogen-bond donors (Lipinski definition) is 1. The van der Waals surface area contributed by atoms with Gasteiger partial charge in [0.1, 0.15) is 0 Å². The Morgan fingerprint density at radius 1 is 1.35 bits per heavy atom. The highest BCUT2D eigenvalue weighted by molar-refractivity contribution is 5.73. The second-order valence-corrected chi connectivity index (χ2v) is 3.83. The van der Waals surface area contributed by atoms with Gasteiger partial charge in [0.15, 0.2) is 17.6 Å². The molecule has 0 aliphatic rings. The maximum Gasteiger partial charge on any atom is 0.348 e. The minimum atomic E-state index is -0.197. The van der Waals surface area contributed by atoms with Gasteiger partial charge in [0.05, 0.1) is 6.61 Å². The molecule has 0 unspecified atom stereocenters. The van der Waals surface area contributed by atoms with Crippen LogP contribution in [0.15, 0.2) is 24.3 Å². The van der Waals surface area contributed by atoms with Crippen molar-refractivity contribution in [2.75, 3.05) is 6.61 Å². The minimum absolute atomic E-state index is 0.197. The van der Waals surface area contributed by atoms with E-state index < -0.39 is 0 Å². The summed E-state index contributed by atoms with van der Waals surface area (Å²) in [5, 5.41) is 0. The molecule has 0 spiro atoms. The SMILES string of the molecule is CCOC(=O)C[n+]1c(CC)[nH]c2ccccc21. The number of aromatic amines is 1. The van der Waals surface area contributed by atoms with E-state index in [0.717, 1.165) is 23.3 Å². The smallest absolute Gasteiger partial charge is 0.348 e. The molecule has 1 aromatic heterocycles. The Hall–Kier alpha value is -1.84. The van der Waals surface area contributed by atoms with Gasteiger partial charge in [-0.3, -0.25) is 0 Å². The maximum absolute atomic E-state index is 11.6. The molecule has 0 aliphatic heterocycles. The highest BCUT2D eigenvalue weighted by Crippen LogP contribution is 2.09. The fraction of sp³-hybridized carbons (Fsp3) is 0.385. The molecular formula is C13H17N2O2+. The summed E-state index contributed by atoms with van der Waals surface area (Å²) in [6, 6.07) is 7.96. The third-order valence-corrected chi connectivity index (χ3v) is 2.73. The standard InChI is InChI=1S/C13H16N2O2/c1-3-12-14-10-7-5-6-8-11(10)15(12)9-13(16)17-4-2/h5-8H,3-4,9H2,1-2H3/p+1. The number of ether oxygens (including phenoxy) is 1. The number of rotatable bonds is 4. The first-order valence-corrected chi connectivity index (χ1v) is 5.91. The third kappa shape index (κ3) is 2.30. The van der Waals surface area contributed by atoms with Gasteiger partial charge in [0.2, 0.25) is 0 Å². The molecule has 0 fully saturated rings. The molecule has 1 N–H and O–H groups in total. The molecule has 0 saturated carbocycles. The van der Waals surface area contributed by atoms with Crippen molar-refractivity contribution in [3.05, 3.63) is 30.1 Å². The normalized spacial score (nSPS) is 10.7. The van der Waals surface area contributed by atoms with Crippen LogP contribution in [0.3, 0.4) is 0 Å². The molecule has 0 amide bonds. The number of aromatic nitrogens is 2. The second-order valence-electron chi connectivity index (χ2n) is 3.83. The quantitative estimate of drug-likeness (QED) is 0.643. The summed E-state index contributed by atoms with van der Waals surface area (Å²) in [7, 11) is 0. The van der Waals surface area contributed by atoms with Crippen molar-refractivity contribution >= 4 is 17.0 Å². The van der Waals surface area contributed by atoms with Crippen molar-refractivity contribution in [2.45, 2.75) is 26.8 Å². The number of nitrogens with one attached hydrogen (secondary N) is 1. The van der Waals surface area contributed by atoms with Crippen molar-refractivity contribution in [2.24, 2.45) is 0 Å². The molecule has 0 radical (unpaired) electrons. The molecule has 0 saturated heterocycles. The Balaban J connectivity index is 2.39. The second kappa shape index (κ2) is 4.99. The number of nitrogens with zero attached hydrogens (tertiary/aromatic N) is 1. The van der Waals surface area contributed by atoms with Crippen molar-refractivity contribution in [3.8, 4) is 0 Å². The Bertz CT molecular complexity index is 531. The summed E-state index contributed by atoms with van der Waals surface area (Å²) in [5.41, 5.74) is 2.09. The van der Waals surface area contributed by atoms with Crippen LogP contribution in [0.2, 0.25) is 0 Å². The number of imidazole rings is 1. The molecule has 17 heavy (non-hydrogen) atoms. The lowest BCUT2D eigenvalue weighted by atomic mass is 10.3. The fourth-order valence-corrected chi connectivity index (χ4v) is 1.98. The van der Waals surface area contributed by atoms with Gasteiger partial charge in [0, 0.05) is 6.42 Å². The summed E-state index contributed by atoms with van der Waals surface area (Å²) in [6.45, 7) is 4.56. The highest BCUT2D eigenvalue weighted by atomic mass is 16.5. The number of hydrogen-bond acceptors (Lipinski definition) is 2. The number of H-pyrrole nitrogens is 1. The van der Waals surface area contributed by atoms with Crippen LogP contribution in [-0.4, -0.2) is 17.6 Å². The van der Waals surface area contributed by atoms with Crippen molar-refractivity contribution in [3.63, 3.8) is 0 Å². The van der Waals surface area contributed by atoms with E-state index in [0.29, 0.717) is 6.61 Å². The van der Waals surface area contributed by atoms with Gasteiger partial charge in [-0.05, 0) is 19.1 Å². The Morgan fingerprint density at radius 3 is 2.82 bits per heavy atom. The van der Waals surface area contributed by atoms with Gasteiger partial charge < -0.3 is 4.74 Å². The van der Waals surface area contributed by atoms with Crippen LogP contribution in [0.1, 0.15) is 19.7 Å². The zero-order chi connectivity index (χ0) is 12.3. The van der Waals surface area contributed by atoms with Gasteiger partial charge in [-0.25, -0.2) is 14.3 Å². The van der Waals surface area contributed by atoms with Crippen molar-refractivity contribution < 1.29 is 14.1 Å². The van der Waals surface area contributed by atoms with Gasteiger partial charge in [-0.15, -0.1) is 0 Å². The summed E-state index contributed by atoms with van der Waals surface area (Å²) in [4.78, 5) is 14.9. The molecule has 0 bridgehead atoms. The first-order valence-electron chi connectivity index (χ1n) is 5.91. The monoisotopic (exact) mass is 233 g/mol.